The minimum absolute atomic E-state index is 0.0736. The molecular weight excluding hydrogens is 354 g/mol. The fraction of sp³-hybridized carbons (Fsp3) is 0.273. The van der Waals surface area contributed by atoms with E-state index in [-0.39, 0.29) is 5.91 Å². The third-order valence-corrected chi connectivity index (χ3v) is 4.60. The van der Waals surface area contributed by atoms with Gasteiger partial charge in [-0.15, -0.1) is 0 Å². The number of hydrogen-bond acceptors (Lipinski definition) is 5. The number of anilines is 2. The highest BCUT2D eigenvalue weighted by Crippen LogP contribution is 2.33. The van der Waals surface area contributed by atoms with E-state index in [1.54, 1.807) is 20.3 Å². The number of amides is 1. The fourth-order valence-electron chi connectivity index (χ4n) is 3.12. The van der Waals surface area contributed by atoms with Gasteiger partial charge in [-0.1, -0.05) is 0 Å². The summed E-state index contributed by atoms with van der Waals surface area (Å²) in [5, 5.41) is 7.14. The van der Waals surface area contributed by atoms with Gasteiger partial charge in [-0.25, -0.2) is 4.98 Å². The van der Waals surface area contributed by atoms with E-state index in [0.29, 0.717) is 23.7 Å². The molecule has 6 nitrogen and oxygen atoms in total. The number of aromatic nitrogens is 1. The highest BCUT2D eigenvalue weighted by atomic mass is 16.5. The number of fused-ring (bicyclic) bond motifs is 1. The second kappa shape index (κ2) is 8.17. The molecule has 0 atom stereocenters. The van der Waals surface area contributed by atoms with Crippen LogP contribution in [0, 0.1) is 13.8 Å². The van der Waals surface area contributed by atoms with Crippen LogP contribution in [0.4, 0.5) is 11.5 Å². The number of rotatable bonds is 6. The summed E-state index contributed by atoms with van der Waals surface area (Å²) in [5.41, 5.74) is 4.32. The van der Waals surface area contributed by atoms with Crippen molar-refractivity contribution in [2.24, 2.45) is 0 Å². The Morgan fingerprint density at radius 2 is 1.82 bits per heavy atom. The van der Waals surface area contributed by atoms with E-state index in [0.717, 1.165) is 33.5 Å². The average Bonchev–Trinajstić information content (AvgIpc) is 2.69. The lowest BCUT2D eigenvalue weighted by Crippen LogP contribution is -2.22. The lowest BCUT2D eigenvalue weighted by Gasteiger charge is -2.14. The molecule has 0 saturated carbocycles. The number of carbonyl (C=O) groups is 1. The number of hydrogen-bond donors (Lipinski definition) is 2. The molecule has 146 valence electrons. The molecule has 1 aromatic heterocycles. The Bertz CT molecular complexity index is 1030. The summed E-state index contributed by atoms with van der Waals surface area (Å²) in [7, 11) is 3.25. The van der Waals surface area contributed by atoms with E-state index in [1.807, 2.05) is 51.1 Å². The minimum atomic E-state index is -0.0736. The molecule has 3 rings (SSSR count). The quantitative estimate of drug-likeness (QED) is 0.666. The van der Waals surface area contributed by atoms with Crippen LogP contribution in [0.3, 0.4) is 0 Å². The molecule has 2 N–H and O–H groups in total. The van der Waals surface area contributed by atoms with Crippen molar-refractivity contribution in [3.05, 3.63) is 53.1 Å². The van der Waals surface area contributed by atoms with E-state index >= 15 is 0 Å². The Morgan fingerprint density at radius 1 is 1.04 bits per heavy atom. The molecule has 3 aromatic rings. The molecule has 28 heavy (non-hydrogen) atoms. The highest BCUT2D eigenvalue weighted by molar-refractivity contribution is 5.95. The lowest BCUT2D eigenvalue weighted by atomic mass is 10.1. The largest absolute Gasteiger partial charge is 0.497 e. The number of methoxy groups -OCH3 is 2. The number of nitrogens with zero attached hydrogens (tertiary/aromatic N) is 1. The third-order valence-electron chi connectivity index (χ3n) is 4.60. The van der Waals surface area contributed by atoms with Crippen molar-refractivity contribution in [2.45, 2.75) is 20.8 Å². The highest BCUT2D eigenvalue weighted by Gasteiger charge is 2.12. The van der Waals surface area contributed by atoms with Gasteiger partial charge in [0.1, 0.15) is 22.8 Å². The fourth-order valence-corrected chi connectivity index (χ4v) is 3.12. The first kappa shape index (κ1) is 19.5. The average molecular weight is 379 g/mol. The summed E-state index contributed by atoms with van der Waals surface area (Å²) in [6.45, 7) is 6.49. The second-order valence-corrected chi connectivity index (χ2v) is 6.56. The number of nitrogens with one attached hydrogen (secondary N) is 2. The van der Waals surface area contributed by atoms with Crippen molar-refractivity contribution in [3.63, 3.8) is 0 Å². The molecule has 0 unspecified atom stereocenters. The molecule has 0 aliphatic rings. The van der Waals surface area contributed by atoms with Gasteiger partial charge in [0.15, 0.2) is 0 Å². The predicted molar refractivity (Wildman–Crippen MR) is 112 cm³/mol. The van der Waals surface area contributed by atoms with Crippen LogP contribution in [0.2, 0.25) is 0 Å². The normalized spacial score (nSPS) is 10.6. The van der Waals surface area contributed by atoms with Crippen molar-refractivity contribution in [3.8, 4) is 11.5 Å². The van der Waals surface area contributed by atoms with E-state index in [9.17, 15) is 4.79 Å². The monoisotopic (exact) mass is 379 g/mol. The van der Waals surface area contributed by atoms with Gasteiger partial charge in [0, 0.05) is 29.2 Å². The number of pyridine rings is 1. The summed E-state index contributed by atoms with van der Waals surface area (Å²) >= 11 is 0. The molecule has 2 aromatic carbocycles. The first-order valence-corrected chi connectivity index (χ1v) is 9.16. The van der Waals surface area contributed by atoms with Gasteiger partial charge >= 0.3 is 0 Å². The smallest absolute Gasteiger partial charge is 0.251 e. The Hall–Kier alpha value is -3.28. The predicted octanol–water partition coefficient (Wildman–Crippen LogP) is 4.36. The van der Waals surface area contributed by atoms with Gasteiger partial charge in [0.2, 0.25) is 0 Å². The zero-order valence-corrected chi connectivity index (χ0v) is 16.8. The molecule has 0 aliphatic carbocycles. The van der Waals surface area contributed by atoms with Crippen LogP contribution in [0.5, 0.6) is 11.5 Å². The molecule has 0 bridgehead atoms. The summed E-state index contributed by atoms with van der Waals surface area (Å²) < 4.78 is 10.9. The molecule has 0 fully saturated rings. The van der Waals surface area contributed by atoms with Crippen LogP contribution >= 0.6 is 0 Å². The first-order chi connectivity index (χ1) is 13.5. The van der Waals surface area contributed by atoms with E-state index in [1.165, 1.54) is 0 Å². The van der Waals surface area contributed by atoms with E-state index in [2.05, 4.69) is 10.6 Å². The molecule has 0 spiro atoms. The summed E-state index contributed by atoms with van der Waals surface area (Å²) in [5.74, 6) is 2.02. The van der Waals surface area contributed by atoms with Gasteiger partial charge in [0.05, 0.1) is 14.2 Å². The molecule has 6 heteroatoms. The van der Waals surface area contributed by atoms with Gasteiger partial charge in [-0.05, 0) is 62.2 Å². The van der Waals surface area contributed by atoms with Gasteiger partial charge < -0.3 is 20.1 Å². The van der Waals surface area contributed by atoms with Crippen LogP contribution in [-0.2, 0) is 0 Å². The number of benzene rings is 2. The van der Waals surface area contributed by atoms with Crippen LogP contribution in [-0.4, -0.2) is 31.7 Å². The summed E-state index contributed by atoms with van der Waals surface area (Å²) in [6, 6.07) is 11.3. The third kappa shape index (κ3) is 3.86. The summed E-state index contributed by atoms with van der Waals surface area (Å²) in [6.07, 6.45) is 0. The van der Waals surface area contributed by atoms with Crippen molar-refractivity contribution in [2.75, 3.05) is 26.1 Å². The molecule has 1 amide bonds. The standard InChI is InChI=1S/C22H25N3O3/c1-6-23-22(26)15-7-8-18(14(3)9-15)24-20-10-13(2)17-11-16(27-4)12-19(28-5)21(17)25-20/h7-12H,6H2,1-5H3,(H,23,26)(H,24,25). The van der Waals surface area contributed by atoms with Crippen LogP contribution in [0.15, 0.2) is 36.4 Å². The maximum absolute atomic E-state index is 12.0. The van der Waals surface area contributed by atoms with Crippen molar-refractivity contribution in [1.29, 1.82) is 0 Å². The lowest BCUT2D eigenvalue weighted by molar-refractivity contribution is 0.0956. The maximum Gasteiger partial charge on any atom is 0.251 e. The van der Waals surface area contributed by atoms with Gasteiger partial charge in [0.25, 0.3) is 5.91 Å². The Kier molecular flexibility index (Phi) is 5.68. The van der Waals surface area contributed by atoms with Crippen LogP contribution in [0.1, 0.15) is 28.4 Å². The Balaban J connectivity index is 1.98. The van der Waals surface area contributed by atoms with Crippen LogP contribution in [0.25, 0.3) is 10.9 Å². The topological polar surface area (TPSA) is 72.5 Å². The molecule has 0 radical (unpaired) electrons. The van der Waals surface area contributed by atoms with E-state index < -0.39 is 0 Å². The zero-order valence-electron chi connectivity index (χ0n) is 16.8. The zero-order chi connectivity index (χ0) is 20.3. The van der Waals surface area contributed by atoms with E-state index in [4.69, 9.17) is 14.5 Å². The number of aryl methyl sites for hydroxylation is 2. The van der Waals surface area contributed by atoms with Gasteiger partial charge in [-0.2, -0.15) is 0 Å². The van der Waals surface area contributed by atoms with Crippen molar-refractivity contribution in [1.82, 2.24) is 10.3 Å². The summed E-state index contributed by atoms with van der Waals surface area (Å²) in [4.78, 5) is 16.7. The molecule has 1 heterocycles. The number of ether oxygens (including phenoxy) is 2. The maximum atomic E-state index is 12.0. The van der Waals surface area contributed by atoms with Crippen molar-refractivity contribution >= 4 is 28.3 Å². The second-order valence-electron chi connectivity index (χ2n) is 6.56. The van der Waals surface area contributed by atoms with Crippen molar-refractivity contribution < 1.29 is 14.3 Å². The van der Waals surface area contributed by atoms with Gasteiger partial charge in [-0.3, -0.25) is 4.79 Å². The SMILES string of the molecule is CCNC(=O)c1ccc(Nc2cc(C)c3cc(OC)cc(OC)c3n2)c(C)c1. The molecule has 0 aliphatic heterocycles. The number of carbonyl (C=O) groups excluding carboxylic acids is 1. The van der Waals surface area contributed by atoms with Crippen LogP contribution < -0.4 is 20.1 Å². The minimum Gasteiger partial charge on any atom is -0.497 e. The Morgan fingerprint density at radius 3 is 2.46 bits per heavy atom. The molecular formula is C22H25N3O3. The molecule has 0 saturated heterocycles. The Labute approximate surface area is 164 Å². The first-order valence-electron chi connectivity index (χ1n) is 9.16.